The first-order chi connectivity index (χ1) is 11.0. The molecule has 2 aromatic carbocycles. The molecule has 0 saturated carbocycles. The molecule has 2 aromatic rings. The highest BCUT2D eigenvalue weighted by Gasteiger charge is 2.36. The zero-order valence-electron chi connectivity index (χ0n) is 13.1. The fraction of sp³-hybridized carbons (Fsp3) is 0.333. The van der Waals surface area contributed by atoms with Gasteiger partial charge in [0.05, 0.1) is 10.9 Å². The summed E-state index contributed by atoms with van der Waals surface area (Å²) < 4.78 is 40.5. The molecule has 1 heterocycles. The van der Waals surface area contributed by atoms with E-state index in [0.717, 1.165) is 30.4 Å². The van der Waals surface area contributed by atoms with Gasteiger partial charge in [0.25, 0.3) is 0 Å². The van der Waals surface area contributed by atoms with Gasteiger partial charge in [-0.3, -0.25) is 0 Å². The van der Waals surface area contributed by atoms with Gasteiger partial charge in [-0.15, -0.1) is 0 Å². The fourth-order valence-electron chi connectivity index (χ4n) is 3.08. The van der Waals surface area contributed by atoms with Crippen LogP contribution in [0, 0.1) is 5.82 Å². The molecule has 3 rings (SSSR count). The molecule has 0 amide bonds. The van der Waals surface area contributed by atoms with Crippen molar-refractivity contribution >= 4 is 10.0 Å². The van der Waals surface area contributed by atoms with Crippen molar-refractivity contribution < 1.29 is 12.8 Å². The minimum atomic E-state index is -3.53. The minimum absolute atomic E-state index is 0.216. The van der Waals surface area contributed by atoms with Gasteiger partial charge in [0.2, 0.25) is 10.0 Å². The molecule has 5 heteroatoms. The number of hydrogen-bond donors (Lipinski definition) is 0. The molecule has 0 spiro atoms. The van der Waals surface area contributed by atoms with Gasteiger partial charge in [-0.25, -0.2) is 12.8 Å². The topological polar surface area (TPSA) is 37.4 Å². The molecule has 1 saturated heterocycles. The molecule has 1 atom stereocenters. The zero-order chi connectivity index (χ0) is 16.4. The van der Waals surface area contributed by atoms with Gasteiger partial charge in [-0.05, 0) is 54.7 Å². The average Bonchev–Trinajstić information content (AvgIpc) is 3.06. The lowest BCUT2D eigenvalue weighted by molar-refractivity contribution is 0.396. The molecule has 0 radical (unpaired) electrons. The van der Waals surface area contributed by atoms with Crippen molar-refractivity contribution in [3.05, 3.63) is 65.5 Å². The van der Waals surface area contributed by atoms with Gasteiger partial charge >= 0.3 is 0 Å². The lowest BCUT2D eigenvalue weighted by Gasteiger charge is -2.24. The van der Waals surface area contributed by atoms with Crippen molar-refractivity contribution in [1.82, 2.24) is 4.31 Å². The molecule has 122 valence electrons. The first-order valence-corrected chi connectivity index (χ1v) is 9.32. The predicted molar refractivity (Wildman–Crippen MR) is 88.1 cm³/mol. The summed E-state index contributed by atoms with van der Waals surface area (Å²) in [6, 6.07) is 13.0. The summed E-state index contributed by atoms with van der Waals surface area (Å²) in [5.74, 6) is -0.309. The minimum Gasteiger partial charge on any atom is -0.207 e. The van der Waals surface area contributed by atoms with Crippen LogP contribution in [0.25, 0.3) is 0 Å². The van der Waals surface area contributed by atoms with Crippen molar-refractivity contribution in [3.8, 4) is 0 Å². The quantitative estimate of drug-likeness (QED) is 0.850. The average molecular weight is 333 g/mol. The second-order valence-electron chi connectivity index (χ2n) is 5.82. The molecular weight excluding hydrogens is 313 g/mol. The highest BCUT2D eigenvalue weighted by atomic mass is 32.2. The lowest BCUT2D eigenvalue weighted by atomic mass is 10.1. The van der Waals surface area contributed by atoms with Gasteiger partial charge in [0.15, 0.2) is 0 Å². The molecular formula is C18H20FNO2S. The van der Waals surface area contributed by atoms with Gasteiger partial charge in [-0.1, -0.05) is 31.2 Å². The molecule has 0 aliphatic carbocycles. The van der Waals surface area contributed by atoms with E-state index in [1.807, 2.05) is 19.1 Å². The molecule has 3 nitrogen and oxygen atoms in total. The van der Waals surface area contributed by atoms with E-state index in [4.69, 9.17) is 0 Å². The Labute approximate surface area is 136 Å². The fourth-order valence-corrected chi connectivity index (χ4v) is 4.76. The molecule has 1 aliphatic rings. The Morgan fingerprint density at radius 2 is 1.74 bits per heavy atom. The summed E-state index contributed by atoms with van der Waals surface area (Å²) in [7, 11) is -3.53. The third-order valence-electron chi connectivity index (χ3n) is 4.40. The second kappa shape index (κ2) is 6.42. The van der Waals surface area contributed by atoms with Crippen LogP contribution in [-0.4, -0.2) is 19.3 Å². The van der Waals surface area contributed by atoms with Crippen LogP contribution in [0.5, 0.6) is 0 Å². The second-order valence-corrected chi connectivity index (χ2v) is 7.71. The third kappa shape index (κ3) is 3.16. The Balaban J connectivity index is 1.92. The molecule has 0 bridgehead atoms. The molecule has 0 aromatic heterocycles. The van der Waals surface area contributed by atoms with Crippen LogP contribution in [0.15, 0.2) is 53.4 Å². The maximum Gasteiger partial charge on any atom is 0.243 e. The van der Waals surface area contributed by atoms with Crippen LogP contribution < -0.4 is 0 Å². The van der Waals surface area contributed by atoms with E-state index < -0.39 is 10.0 Å². The normalized spacial score (nSPS) is 19.1. The zero-order valence-corrected chi connectivity index (χ0v) is 13.9. The maximum atomic E-state index is 13.1. The first kappa shape index (κ1) is 16.1. The van der Waals surface area contributed by atoms with Crippen molar-refractivity contribution in [3.63, 3.8) is 0 Å². The van der Waals surface area contributed by atoms with E-state index in [-0.39, 0.29) is 11.9 Å². The molecule has 1 aliphatic heterocycles. The third-order valence-corrected chi connectivity index (χ3v) is 6.32. The van der Waals surface area contributed by atoms with E-state index in [1.54, 1.807) is 28.6 Å². The van der Waals surface area contributed by atoms with Crippen LogP contribution in [0.4, 0.5) is 4.39 Å². The SMILES string of the molecule is CCc1ccc(S(=O)(=O)N2CCC[C@@H]2c2ccc(F)cc2)cc1. The predicted octanol–water partition coefficient (Wildman–Crippen LogP) is 3.91. The summed E-state index contributed by atoms with van der Waals surface area (Å²) in [6.45, 7) is 2.54. The van der Waals surface area contributed by atoms with E-state index in [9.17, 15) is 12.8 Å². The summed E-state index contributed by atoms with van der Waals surface area (Å²) in [5, 5.41) is 0. The number of rotatable bonds is 4. The van der Waals surface area contributed by atoms with Gasteiger partial charge in [-0.2, -0.15) is 4.31 Å². The number of hydrogen-bond acceptors (Lipinski definition) is 2. The number of aryl methyl sites for hydroxylation is 1. The van der Waals surface area contributed by atoms with E-state index in [0.29, 0.717) is 11.4 Å². The first-order valence-electron chi connectivity index (χ1n) is 7.88. The van der Waals surface area contributed by atoms with Gasteiger partial charge in [0.1, 0.15) is 5.82 Å². The Morgan fingerprint density at radius 3 is 2.35 bits per heavy atom. The van der Waals surface area contributed by atoms with E-state index in [2.05, 4.69) is 0 Å². The monoisotopic (exact) mass is 333 g/mol. The maximum absolute atomic E-state index is 13.1. The smallest absolute Gasteiger partial charge is 0.207 e. The number of nitrogens with zero attached hydrogens (tertiary/aromatic N) is 1. The summed E-state index contributed by atoms with van der Waals surface area (Å²) in [4.78, 5) is 0.323. The summed E-state index contributed by atoms with van der Waals surface area (Å²) in [5.41, 5.74) is 1.96. The lowest BCUT2D eigenvalue weighted by Crippen LogP contribution is -2.30. The molecule has 0 N–H and O–H groups in total. The van der Waals surface area contributed by atoms with Gasteiger partial charge in [0, 0.05) is 6.54 Å². The van der Waals surface area contributed by atoms with Crippen molar-refractivity contribution in [1.29, 1.82) is 0 Å². The number of benzene rings is 2. The summed E-state index contributed by atoms with van der Waals surface area (Å²) in [6.07, 6.45) is 2.45. The van der Waals surface area contributed by atoms with Crippen LogP contribution in [-0.2, 0) is 16.4 Å². The van der Waals surface area contributed by atoms with Crippen molar-refractivity contribution in [2.24, 2.45) is 0 Å². The Kier molecular flexibility index (Phi) is 4.50. The van der Waals surface area contributed by atoms with Crippen LogP contribution >= 0.6 is 0 Å². The molecule has 23 heavy (non-hydrogen) atoms. The Bertz CT molecular complexity index is 770. The van der Waals surface area contributed by atoms with Crippen molar-refractivity contribution in [2.45, 2.75) is 37.1 Å². The van der Waals surface area contributed by atoms with Crippen LogP contribution in [0.3, 0.4) is 0 Å². The van der Waals surface area contributed by atoms with E-state index in [1.165, 1.54) is 12.1 Å². The van der Waals surface area contributed by atoms with Crippen LogP contribution in [0.2, 0.25) is 0 Å². The van der Waals surface area contributed by atoms with E-state index >= 15 is 0 Å². The highest BCUT2D eigenvalue weighted by Crippen LogP contribution is 2.36. The molecule has 0 unspecified atom stereocenters. The number of sulfonamides is 1. The van der Waals surface area contributed by atoms with Crippen molar-refractivity contribution in [2.75, 3.05) is 6.54 Å². The molecule has 1 fully saturated rings. The largest absolute Gasteiger partial charge is 0.243 e. The highest BCUT2D eigenvalue weighted by molar-refractivity contribution is 7.89. The summed E-state index contributed by atoms with van der Waals surface area (Å²) >= 11 is 0. The van der Waals surface area contributed by atoms with Gasteiger partial charge < -0.3 is 0 Å². The van der Waals surface area contributed by atoms with Crippen LogP contribution in [0.1, 0.15) is 36.9 Å². The Morgan fingerprint density at radius 1 is 1.09 bits per heavy atom. The Hall–Kier alpha value is -1.72. The standard InChI is InChI=1S/C18H20FNO2S/c1-2-14-5-11-17(12-6-14)23(21,22)20-13-3-4-18(20)15-7-9-16(19)10-8-15/h5-12,18H,2-4,13H2,1H3/t18-/m1/s1. The number of halogens is 1.